The summed E-state index contributed by atoms with van der Waals surface area (Å²) < 4.78 is 0. The molecule has 1 aromatic carbocycles. The Morgan fingerprint density at radius 3 is 2.86 bits per heavy atom. The van der Waals surface area contributed by atoms with E-state index in [0.717, 1.165) is 17.7 Å². The first-order valence-corrected chi connectivity index (χ1v) is 5.10. The summed E-state index contributed by atoms with van der Waals surface area (Å²) in [6, 6.07) is 5.70. The van der Waals surface area contributed by atoms with Crippen LogP contribution in [0.15, 0.2) is 18.2 Å². The number of anilines is 1. The molecule has 14 heavy (non-hydrogen) atoms. The molecular weight excluding hydrogens is 198 g/mol. The number of carbonyl (C=O) groups is 1. The van der Waals surface area contributed by atoms with Crippen LogP contribution in [-0.4, -0.2) is 13.0 Å². The summed E-state index contributed by atoms with van der Waals surface area (Å²) in [7, 11) is 1.78. The Labute approximate surface area is 88.5 Å². The number of halogens is 1. The first-order valence-electron chi connectivity index (χ1n) is 4.72. The third-order valence-corrected chi connectivity index (χ3v) is 3.07. The average molecular weight is 210 g/mol. The van der Waals surface area contributed by atoms with Gasteiger partial charge in [0.2, 0.25) is 5.91 Å². The van der Waals surface area contributed by atoms with Crippen molar-refractivity contribution in [3.05, 3.63) is 28.8 Å². The van der Waals surface area contributed by atoms with Crippen molar-refractivity contribution in [3.63, 3.8) is 0 Å². The minimum absolute atomic E-state index is 0.00583. The second-order valence-electron chi connectivity index (χ2n) is 3.54. The Balaban J connectivity index is 2.61. The van der Waals surface area contributed by atoms with Crippen LogP contribution in [0.4, 0.5) is 5.69 Å². The van der Waals surface area contributed by atoms with Crippen LogP contribution in [0.25, 0.3) is 0 Å². The zero-order valence-electron chi connectivity index (χ0n) is 8.25. The summed E-state index contributed by atoms with van der Waals surface area (Å²) in [5.41, 5.74) is 1.94. The van der Waals surface area contributed by atoms with E-state index in [1.165, 1.54) is 0 Å². The first-order chi connectivity index (χ1) is 6.66. The predicted molar refractivity (Wildman–Crippen MR) is 57.9 cm³/mol. The Morgan fingerprint density at radius 1 is 1.50 bits per heavy atom. The van der Waals surface area contributed by atoms with Crippen LogP contribution in [0.5, 0.6) is 0 Å². The van der Waals surface area contributed by atoms with Crippen molar-refractivity contribution in [3.8, 4) is 0 Å². The summed E-state index contributed by atoms with van der Waals surface area (Å²) in [6.45, 7) is 2.02. The highest BCUT2D eigenvalue weighted by Crippen LogP contribution is 2.42. The van der Waals surface area contributed by atoms with Gasteiger partial charge in [0, 0.05) is 7.05 Å². The van der Waals surface area contributed by atoms with Crippen LogP contribution < -0.4 is 4.90 Å². The topological polar surface area (TPSA) is 20.3 Å². The molecule has 0 spiro atoms. The molecule has 3 heteroatoms. The highest BCUT2D eigenvalue weighted by atomic mass is 35.5. The van der Waals surface area contributed by atoms with E-state index in [-0.39, 0.29) is 11.8 Å². The van der Waals surface area contributed by atoms with Crippen molar-refractivity contribution < 1.29 is 4.79 Å². The Bertz CT molecular complexity index is 389. The van der Waals surface area contributed by atoms with E-state index in [1.54, 1.807) is 11.9 Å². The van der Waals surface area contributed by atoms with Gasteiger partial charge in [-0.15, -0.1) is 0 Å². The molecular formula is C11H12ClNO. The maximum Gasteiger partial charge on any atom is 0.234 e. The van der Waals surface area contributed by atoms with Gasteiger partial charge in [0.1, 0.15) is 0 Å². The number of nitrogens with zero attached hydrogens (tertiary/aromatic N) is 1. The van der Waals surface area contributed by atoms with Crippen molar-refractivity contribution in [1.82, 2.24) is 0 Å². The molecule has 0 bridgehead atoms. The number of benzene rings is 1. The molecule has 0 N–H and O–H groups in total. The monoisotopic (exact) mass is 209 g/mol. The lowest BCUT2D eigenvalue weighted by Gasteiger charge is -2.11. The van der Waals surface area contributed by atoms with Crippen LogP contribution in [-0.2, 0) is 4.79 Å². The minimum atomic E-state index is -0.00583. The summed E-state index contributed by atoms with van der Waals surface area (Å²) in [5.74, 6) is 0.143. The molecule has 1 heterocycles. The van der Waals surface area contributed by atoms with Crippen molar-refractivity contribution >= 4 is 23.2 Å². The fourth-order valence-corrected chi connectivity index (χ4v) is 2.35. The maximum absolute atomic E-state index is 11.8. The number of amides is 1. The third-order valence-electron chi connectivity index (χ3n) is 2.77. The van der Waals surface area contributed by atoms with Gasteiger partial charge in [0.05, 0.1) is 16.6 Å². The van der Waals surface area contributed by atoms with Crippen LogP contribution in [0.1, 0.15) is 24.8 Å². The SMILES string of the molecule is CCC1C(=O)N(C)c2c(Cl)cccc21. The number of hydrogen-bond acceptors (Lipinski definition) is 1. The molecule has 0 saturated carbocycles. The Kier molecular flexibility index (Phi) is 2.23. The molecule has 1 unspecified atom stereocenters. The van der Waals surface area contributed by atoms with Gasteiger partial charge in [-0.3, -0.25) is 4.79 Å². The number of rotatable bonds is 1. The fraction of sp³-hybridized carbons (Fsp3) is 0.364. The predicted octanol–water partition coefficient (Wildman–Crippen LogP) is 2.81. The van der Waals surface area contributed by atoms with Gasteiger partial charge >= 0.3 is 0 Å². The minimum Gasteiger partial charge on any atom is -0.313 e. The zero-order valence-corrected chi connectivity index (χ0v) is 9.01. The number of para-hydroxylation sites is 1. The fourth-order valence-electron chi connectivity index (χ4n) is 2.04. The molecule has 0 saturated heterocycles. The summed E-state index contributed by atoms with van der Waals surface area (Å²) in [5, 5.41) is 0.661. The van der Waals surface area contributed by atoms with E-state index < -0.39 is 0 Å². The van der Waals surface area contributed by atoms with Crippen LogP contribution in [0.3, 0.4) is 0 Å². The molecule has 1 atom stereocenters. The van der Waals surface area contributed by atoms with Gasteiger partial charge in [0.25, 0.3) is 0 Å². The number of hydrogen-bond donors (Lipinski definition) is 0. The second kappa shape index (κ2) is 3.28. The van der Waals surface area contributed by atoms with Gasteiger partial charge in [-0.05, 0) is 18.1 Å². The van der Waals surface area contributed by atoms with E-state index in [9.17, 15) is 4.79 Å². The van der Waals surface area contributed by atoms with Gasteiger partial charge in [0.15, 0.2) is 0 Å². The molecule has 1 amide bonds. The largest absolute Gasteiger partial charge is 0.313 e. The van der Waals surface area contributed by atoms with Crippen molar-refractivity contribution in [2.24, 2.45) is 0 Å². The number of likely N-dealkylation sites (N-methyl/N-ethyl adjacent to an activating group) is 1. The van der Waals surface area contributed by atoms with Crippen LogP contribution in [0, 0.1) is 0 Å². The van der Waals surface area contributed by atoms with Gasteiger partial charge in [-0.1, -0.05) is 30.7 Å². The lowest BCUT2D eigenvalue weighted by atomic mass is 9.98. The number of fused-ring (bicyclic) bond motifs is 1. The Hall–Kier alpha value is -1.02. The number of carbonyl (C=O) groups excluding carboxylic acids is 1. The normalized spacial score (nSPS) is 20.1. The van der Waals surface area contributed by atoms with E-state index in [2.05, 4.69) is 0 Å². The van der Waals surface area contributed by atoms with Gasteiger partial charge < -0.3 is 4.90 Å². The molecule has 74 valence electrons. The third kappa shape index (κ3) is 1.14. The lowest BCUT2D eigenvalue weighted by molar-refractivity contribution is -0.119. The molecule has 2 rings (SSSR count). The summed E-state index contributed by atoms with van der Waals surface area (Å²) in [4.78, 5) is 13.5. The molecule has 1 aliphatic heterocycles. The van der Waals surface area contributed by atoms with Crippen LogP contribution >= 0.6 is 11.6 Å². The highest BCUT2D eigenvalue weighted by molar-refractivity contribution is 6.34. The molecule has 0 aromatic heterocycles. The standard InChI is InChI=1S/C11H12ClNO/c1-3-7-8-5-4-6-9(12)10(8)13(2)11(7)14/h4-7H,3H2,1-2H3. The summed E-state index contributed by atoms with van der Waals surface area (Å²) in [6.07, 6.45) is 0.830. The molecule has 0 radical (unpaired) electrons. The van der Waals surface area contributed by atoms with Crippen molar-refractivity contribution in [2.75, 3.05) is 11.9 Å². The zero-order chi connectivity index (χ0) is 10.3. The smallest absolute Gasteiger partial charge is 0.234 e. The maximum atomic E-state index is 11.8. The van der Waals surface area contributed by atoms with E-state index in [0.29, 0.717) is 5.02 Å². The molecule has 1 aliphatic rings. The molecule has 0 fully saturated rings. The van der Waals surface area contributed by atoms with Gasteiger partial charge in [-0.25, -0.2) is 0 Å². The highest BCUT2D eigenvalue weighted by Gasteiger charge is 2.34. The lowest BCUT2D eigenvalue weighted by Crippen LogP contribution is -2.23. The molecule has 1 aromatic rings. The van der Waals surface area contributed by atoms with Crippen molar-refractivity contribution in [2.45, 2.75) is 19.3 Å². The van der Waals surface area contributed by atoms with Gasteiger partial charge in [-0.2, -0.15) is 0 Å². The molecule has 0 aliphatic carbocycles. The van der Waals surface area contributed by atoms with E-state index in [4.69, 9.17) is 11.6 Å². The van der Waals surface area contributed by atoms with Crippen molar-refractivity contribution in [1.29, 1.82) is 0 Å². The quantitative estimate of drug-likeness (QED) is 0.697. The first kappa shape index (κ1) is 9.53. The average Bonchev–Trinajstić information content (AvgIpc) is 2.41. The Morgan fingerprint density at radius 2 is 2.21 bits per heavy atom. The summed E-state index contributed by atoms with van der Waals surface area (Å²) >= 11 is 6.06. The van der Waals surface area contributed by atoms with E-state index in [1.807, 2.05) is 25.1 Å². The van der Waals surface area contributed by atoms with Crippen LogP contribution in [0.2, 0.25) is 5.02 Å². The van der Waals surface area contributed by atoms with E-state index >= 15 is 0 Å². The molecule has 2 nitrogen and oxygen atoms in total. The second-order valence-corrected chi connectivity index (χ2v) is 3.94.